The summed E-state index contributed by atoms with van der Waals surface area (Å²) in [5.41, 5.74) is 1.31. The van der Waals surface area contributed by atoms with Crippen LogP contribution in [0.5, 0.6) is 5.75 Å². The molecule has 2 saturated carbocycles. The standard InChI is InChI=1S/C17H25NO/c1-2-13-5-3-4-6-16(13)19-12-11-18-17(14-7-8-14)15-9-10-15/h3-6,14-15,17-18H,2,7-12H2,1H3. The van der Waals surface area contributed by atoms with Crippen LogP contribution in [0.15, 0.2) is 24.3 Å². The molecule has 2 aliphatic carbocycles. The van der Waals surface area contributed by atoms with E-state index in [1.807, 2.05) is 0 Å². The van der Waals surface area contributed by atoms with E-state index in [9.17, 15) is 0 Å². The molecule has 1 aromatic carbocycles. The summed E-state index contributed by atoms with van der Waals surface area (Å²) in [6, 6.07) is 9.15. The van der Waals surface area contributed by atoms with Crippen molar-refractivity contribution in [2.24, 2.45) is 11.8 Å². The highest BCUT2D eigenvalue weighted by atomic mass is 16.5. The third kappa shape index (κ3) is 3.50. The zero-order valence-electron chi connectivity index (χ0n) is 11.9. The highest BCUT2D eigenvalue weighted by molar-refractivity contribution is 5.33. The van der Waals surface area contributed by atoms with Gasteiger partial charge in [0.05, 0.1) is 0 Å². The Bertz CT molecular complexity index is 397. The number of benzene rings is 1. The lowest BCUT2D eigenvalue weighted by molar-refractivity contribution is 0.291. The van der Waals surface area contributed by atoms with Crippen molar-refractivity contribution in [2.75, 3.05) is 13.2 Å². The maximum Gasteiger partial charge on any atom is 0.122 e. The number of aryl methyl sites for hydroxylation is 1. The van der Waals surface area contributed by atoms with Crippen molar-refractivity contribution in [3.63, 3.8) is 0 Å². The molecule has 1 aromatic rings. The Morgan fingerprint density at radius 1 is 1.16 bits per heavy atom. The molecule has 104 valence electrons. The molecule has 1 N–H and O–H groups in total. The minimum atomic E-state index is 0.782. The van der Waals surface area contributed by atoms with Gasteiger partial charge in [0.2, 0.25) is 0 Å². The number of para-hydroxylation sites is 1. The van der Waals surface area contributed by atoms with Gasteiger partial charge in [-0.05, 0) is 55.6 Å². The first-order valence-corrected chi connectivity index (χ1v) is 7.82. The Balaban J connectivity index is 1.42. The fourth-order valence-electron chi connectivity index (χ4n) is 2.95. The van der Waals surface area contributed by atoms with Gasteiger partial charge < -0.3 is 10.1 Å². The summed E-state index contributed by atoms with van der Waals surface area (Å²) in [5.74, 6) is 2.99. The van der Waals surface area contributed by atoms with E-state index in [1.165, 1.54) is 31.2 Å². The molecule has 0 radical (unpaired) electrons. The first-order valence-electron chi connectivity index (χ1n) is 7.82. The summed E-state index contributed by atoms with van der Waals surface area (Å²) in [5, 5.41) is 3.73. The van der Waals surface area contributed by atoms with Crippen LogP contribution in [0.25, 0.3) is 0 Å². The van der Waals surface area contributed by atoms with Crippen LogP contribution in [0, 0.1) is 11.8 Å². The van der Waals surface area contributed by atoms with E-state index in [0.29, 0.717) is 0 Å². The Kier molecular flexibility index (Phi) is 4.07. The van der Waals surface area contributed by atoms with Crippen molar-refractivity contribution in [3.8, 4) is 5.75 Å². The van der Waals surface area contributed by atoms with E-state index in [4.69, 9.17) is 4.74 Å². The van der Waals surface area contributed by atoms with E-state index < -0.39 is 0 Å². The maximum absolute atomic E-state index is 5.92. The predicted molar refractivity (Wildman–Crippen MR) is 78.6 cm³/mol. The third-order valence-corrected chi connectivity index (χ3v) is 4.35. The van der Waals surface area contributed by atoms with Crippen LogP contribution in [-0.2, 0) is 6.42 Å². The van der Waals surface area contributed by atoms with Gasteiger partial charge in [0, 0.05) is 12.6 Å². The van der Waals surface area contributed by atoms with Crippen LogP contribution in [0.4, 0.5) is 0 Å². The van der Waals surface area contributed by atoms with Crippen LogP contribution < -0.4 is 10.1 Å². The summed E-state index contributed by atoms with van der Waals surface area (Å²) in [6.07, 6.45) is 6.79. The van der Waals surface area contributed by atoms with Crippen LogP contribution >= 0.6 is 0 Å². The zero-order chi connectivity index (χ0) is 13.1. The SMILES string of the molecule is CCc1ccccc1OCCNC(C1CC1)C1CC1. The molecule has 0 heterocycles. The molecule has 0 aromatic heterocycles. The van der Waals surface area contributed by atoms with E-state index in [0.717, 1.165) is 43.2 Å². The molecule has 2 fully saturated rings. The van der Waals surface area contributed by atoms with Gasteiger partial charge in [-0.25, -0.2) is 0 Å². The molecule has 0 atom stereocenters. The summed E-state index contributed by atoms with van der Waals surface area (Å²) >= 11 is 0. The van der Waals surface area contributed by atoms with Crippen molar-refractivity contribution in [1.82, 2.24) is 5.32 Å². The van der Waals surface area contributed by atoms with Crippen molar-refractivity contribution in [1.29, 1.82) is 0 Å². The molecule has 0 amide bonds. The normalized spacial score (nSPS) is 18.8. The summed E-state index contributed by atoms with van der Waals surface area (Å²) in [6.45, 7) is 3.94. The van der Waals surface area contributed by atoms with Gasteiger partial charge in [0.25, 0.3) is 0 Å². The fraction of sp³-hybridized carbons (Fsp3) is 0.647. The monoisotopic (exact) mass is 259 g/mol. The van der Waals surface area contributed by atoms with Crippen LogP contribution in [0.2, 0.25) is 0 Å². The van der Waals surface area contributed by atoms with E-state index >= 15 is 0 Å². The Labute approximate surface area is 116 Å². The van der Waals surface area contributed by atoms with Crippen LogP contribution in [-0.4, -0.2) is 19.2 Å². The third-order valence-electron chi connectivity index (χ3n) is 4.35. The van der Waals surface area contributed by atoms with Gasteiger partial charge in [-0.1, -0.05) is 25.1 Å². The highest BCUT2D eigenvalue weighted by Gasteiger charge is 2.40. The van der Waals surface area contributed by atoms with E-state index in [2.05, 4.69) is 36.5 Å². The number of rotatable bonds is 8. The molecule has 3 rings (SSSR count). The molecule has 2 heteroatoms. The fourth-order valence-corrected chi connectivity index (χ4v) is 2.95. The molecule has 0 bridgehead atoms. The number of hydrogen-bond donors (Lipinski definition) is 1. The quantitative estimate of drug-likeness (QED) is 0.722. The van der Waals surface area contributed by atoms with Crippen molar-refractivity contribution >= 4 is 0 Å². The lowest BCUT2D eigenvalue weighted by atomic mass is 10.1. The maximum atomic E-state index is 5.92. The molecule has 0 unspecified atom stereocenters. The van der Waals surface area contributed by atoms with E-state index in [-0.39, 0.29) is 0 Å². The number of ether oxygens (including phenoxy) is 1. The Morgan fingerprint density at radius 2 is 1.84 bits per heavy atom. The Hall–Kier alpha value is -1.02. The molecule has 0 spiro atoms. The van der Waals surface area contributed by atoms with Crippen molar-refractivity contribution < 1.29 is 4.74 Å². The van der Waals surface area contributed by atoms with Crippen LogP contribution in [0.1, 0.15) is 38.2 Å². The van der Waals surface area contributed by atoms with Gasteiger partial charge >= 0.3 is 0 Å². The lowest BCUT2D eigenvalue weighted by Crippen LogP contribution is -2.36. The smallest absolute Gasteiger partial charge is 0.122 e. The molecule has 0 saturated heterocycles. The van der Waals surface area contributed by atoms with Crippen molar-refractivity contribution in [3.05, 3.63) is 29.8 Å². The van der Waals surface area contributed by atoms with E-state index in [1.54, 1.807) is 0 Å². The topological polar surface area (TPSA) is 21.3 Å². The summed E-state index contributed by atoms with van der Waals surface area (Å²) in [7, 11) is 0. The largest absolute Gasteiger partial charge is 0.492 e. The average Bonchev–Trinajstić information content (AvgIpc) is 3.31. The minimum Gasteiger partial charge on any atom is -0.492 e. The zero-order valence-corrected chi connectivity index (χ0v) is 11.9. The predicted octanol–water partition coefficient (Wildman–Crippen LogP) is 3.41. The van der Waals surface area contributed by atoms with Gasteiger partial charge in [-0.3, -0.25) is 0 Å². The Morgan fingerprint density at radius 3 is 2.47 bits per heavy atom. The summed E-state index contributed by atoms with van der Waals surface area (Å²) < 4.78 is 5.92. The minimum absolute atomic E-state index is 0.782. The molecular weight excluding hydrogens is 234 g/mol. The first kappa shape index (κ1) is 13.0. The second-order valence-electron chi connectivity index (χ2n) is 5.96. The van der Waals surface area contributed by atoms with Crippen LogP contribution in [0.3, 0.4) is 0 Å². The van der Waals surface area contributed by atoms with Gasteiger partial charge in [-0.15, -0.1) is 0 Å². The molecule has 2 nitrogen and oxygen atoms in total. The second-order valence-corrected chi connectivity index (χ2v) is 5.96. The first-order chi connectivity index (χ1) is 9.38. The molecule has 2 aliphatic rings. The molecule has 0 aliphatic heterocycles. The number of hydrogen-bond acceptors (Lipinski definition) is 2. The van der Waals surface area contributed by atoms with Gasteiger partial charge in [0.1, 0.15) is 12.4 Å². The van der Waals surface area contributed by atoms with Crippen molar-refractivity contribution in [2.45, 2.75) is 45.1 Å². The van der Waals surface area contributed by atoms with Gasteiger partial charge in [0.15, 0.2) is 0 Å². The summed E-state index contributed by atoms with van der Waals surface area (Å²) in [4.78, 5) is 0. The molecule has 19 heavy (non-hydrogen) atoms. The second kappa shape index (κ2) is 5.96. The van der Waals surface area contributed by atoms with Gasteiger partial charge in [-0.2, -0.15) is 0 Å². The average molecular weight is 259 g/mol. The highest BCUT2D eigenvalue weighted by Crippen LogP contribution is 2.44. The molecular formula is C17H25NO. The lowest BCUT2D eigenvalue weighted by Gasteiger charge is -2.18. The number of nitrogens with one attached hydrogen (secondary N) is 1.